The van der Waals surface area contributed by atoms with Crippen LogP contribution in [0.5, 0.6) is 0 Å². The summed E-state index contributed by atoms with van der Waals surface area (Å²) in [7, 11) is 0. The average Bonchev–Trinajstić information content (AvgIpc) is 1.64. The maximum absolute atomic E-state index is 15.0. The van der Waals surface area contributed by atoms with Crippen LogP contribution >= 0.6 is 0 Å². The molecule has 6 aliphatic rings. The number of halogens is 3. The summed E-state index contributed by atoms with van der Waals surface area (Å²) in [5.41, 5.74) is 12.5. The molecule has 0 radical (unpaired) electrons. The molecule has 12 heterocycles. The molecule has 6 aliphatic heterocycles. The normalized spacial score (nSPS) is 16.8. The number of anilines is 3. The fourth-order valence-corrected chi connectivity index (χ4v) is 14.3. The van der Waals surface area contributed by atoms with Crippen molar-refractivity contribution in [2.75, 3.05) is 54.0 Å². The topological polar surface area (TPSA) is 419 Å². The first-order valence-corrected chi connectivity index (χ1v) is 36.2. The van der Waals surface area contributed by atoms with E-state index in [1.807, 2.05) is 32.9 Å². The molecule has 0 spiro atoms. The molecule has 3 unspecified atom stereocenters. The van der Waals surface area contributed by atoms with Gasteiger partial charge >= 0.3 is 18.2 Å². The highest BCUT2D eigenvalue weighted by Gasteiger charge is 2.42. The van der Waals surface area contributed by atoms with Crippen molar-refractivity contribution in [2.45, 2.75) is 126 Å². The van der Waals surface area contributed by atoms with E-state index in [1.54, 1.807) is 89.1 Å². The number of carbonyl (C=O) groups excluding carboxylic acids is 7. The van der Waals surface area contributed by atoms with E-state index >= 15 is 8.78 Å². The summed E-state index contributed by atoms with van der Waals surface area (Å²) in [6.07, 6.45) is 7.57. The molecule has 3 fully saturated rings. The number of ether oxygens (including phenoxy) is 2. The Balaban J connectivity index is 0.000000169. The zero-order chi connectivity index (χ0) is 80.6. The van der Waals surface area contributed by atoms with E-state index in [0.29, 0.717) is 79.8 Å². The summed E-state index contributed by atoms with van der Waals surface area (Å²) in [4.78, 5) is 121. The van der Waals surface area contributed by atoms with Crippen molar-refractivity contribution in [3.05, 3.63) is 178 Å². The number of carbonyl (C=O) groups is 8. The van der Waals surface area contributed by atoms with E-state index in [9.17, 15) is 63.6 Å². The second-order valence-electron chi connectivity index (χ2n) is 29.6. The van der Waals surface area contributed by atoms with Crippen molar-refractivity contribution in [3.63, 3.8) is 0 Å². The Bertz CT molecular complexity index is 5290. The number of carboxylic acids is 1. The number of fused-ring (bicyclic) bond motifs is 3. The van der Waals surface area contributed by atoms with E-state index in [2.05, 4.69) is 35.6 Å². The van der Waals surface area contributed by atoms with Crippen LogP contribution in [0.25, 0.3) is 50.8 Å². The third-order valence-electron chi connectivity index (χ3n) is 19.7. The molecule has 7 amide bonds. The lowest BCUT2D eigenvalue weighted by molar-refractivity contribution is -0.142. The summed E-state index contributed by atoms with van der Waals surface area (Å²) in [5, 5.41) is 54.8. The van der Waals surface area contributed by atoms with Crippen molar-refractivity contribution in [1.29, 1.82) is 15.8 Å². The van der Waals surface area contributed by atoms with Gasteiger partial charge < -0.3 is 46.1 Å². The third-order valence-corrected chi connectivity index (χ3v) is 19.7. The van der Waals surface area contributed by atoms with Gasteiger partial charge in [0, 0.05) is 76.1 Å². The van der Waals surface area contributed by atoms with Crippen LogP contribution in [-0.2, 0) is 43.5 Å². The number of aromatic nitrogens is 9. The predicted molar refractivity (Wildman–Crippen MR) is 412 cm³/mol. The van der Waals surface area contributed by atoms with Gasteiger partial charge in [-0.2, -0.15) is 31.1 Å². The molecule has 0 bridgehead atoms. The standard InChI is InChI=1S/C28H28FN7O4.C28H27FN6O5.C23H20FN7O2.2CH4/c1-28(2,3)40-27(39)35-15-20-24(26(35)38)21(12-19(32-20)23-16(13-30)6-4-8-18(23)29)36-11-9-22(33-36)34-10-5-7-17(14-34)25(31)37;1-28(2,3)40-27(39)34-15-20-24(25(34)36)21(12-19(31-20)23-16(13-30)6-4-8-18(23)29)35-11-9-22(32-35)33-10-5-7-17(14-33)26(37)38;24-15-5-1-3-13(10-25)20(15)16-9-18(21-17(28-16)11-27-23(21)33)31-8-6-19(29-31)30-7-2-4-14(12-30)22(26)32;;/h4,6,8-9,11-12,17H,5,7,10,14-15H2,1-3H3,(H2,31,37);4,6,8-9,11-12,17H,5,7,10,14-15H2,1-3H3,(H,37,38);1,3,5-6,8-9,14H,2,4,7,11-12H2,(H2,26,32)(H,27,33);2*1H4. The van der Waals surface area contributed by atoms with Crippen LogP contribution in [0.2, 0.25) is 0 Å². The van der Waals surface area contributed by atoms with Gasteiger partial charge in [-0.1, -0.05) is 33.1 Å². The van der Waals surface area contributed by atoms with Gasteiger partial charge in [-0.15, -0.1) is 0 Å². The molecular formula is C81H83F3N20O11. The lowest BCUT2D eigenvalue weighted by Gasteiger charge is -2.31. The number of amides is 7. The van der Waals surface area contributed by atoms with E-state index in [-0.39, 0.29) is 155 Å². The van der Waals surface area contributed by atoms with Crippen molar-refractivity contribution in [1.82, 2.24) is 59.4 Å². The molecule has 0 aliphatic carbocycles. The van der Waals surface area contributed by atoms with Crippen LogP contribution in [0.1, 0.15) is 160 Å². The number of aliphatic carboxylic acids is 1. The number of nitrogens with zero attached hydrogens (tertiary/aromatic N) is 17. The molecule has 3 saturated heterocycles. The van der Waals surface area contributed by atoms with Gasteiger partial charge in [0.25, 0.3) is 17.7 Å². The number of carboxylic acid groups (broad SMARTS) is 1. The van der Waals surface area contributed by atoms with Gasteiger partial charge in [-0.05, 0) is 135 Å². The minimum Gasteiger partial charge on any atom is -0.481 e. The van der Waals surface area contributed by atoms with E-state index < -0.39 is 64.5 Å². The number of piperidine rings is 3. The molecule has 594 valence electrons. The number of hydrogen-bond acceptors (Lipinski definition) is 22. The summed E-state index contributed by atoms with van der Waals surface area (Å²) >= 11 is 0. The van der Waals surface area contributed by atoms with E-state index in [4.69, 9.17) is 20.9 Å². The Labute approximate surface area is 659 Å². The number of primary amides is 2. The molecule has 9 aromatic rings. The quantitative estimate of drug-likeness (QED) is 0.0882. The highest BCUT2D eigenvalue weighted by Crippen LogP contribution is 2.39. The van der Waals surface area contributed by atoms with Gasteiger partial charge in [0.1, 0.15) is 28.7 Å². The second-order valence-corrected chi connectivity index (χ2v) is 29.6. The minimum absolute atomic E-state index is 0. The maximum atomic E-state index is 15.0. The summed E-state index contributed by atoms with van der Waals surface area (Å²) in [6, 6.07) is 28.2. The minimum atomic E-state index is -0.869. The number of hydrogen-bond donors (Lipinski definition) is 4. The Morgan fingerprint density at radius 1 is 0.496 bits per heavy atom. The number of benzene rings is 3. The Morgan fingerprint density at radius 2 is 0.826 bits per heavy atom. The van der Waals surface area contributed by atoms with Crippen LogP contribution < -0.4 is 31.5 Å². The Morgan fingerprint density at radius 3 is 1.16 bits per heavy atom. The molecule has 34 heteroatoms. The van der Waals surface area contributed by atoms with Crippen molar-refractivity contribution in [3.8, 4) is 69.0 Å². The lowest BCUT2D eigenvalue weighted by Crippen LogP contribution is -2.41. The van der Waals surface area contributed by atoms with Crippen molar-refractivity contribution in [2.24, 2.45) is 29.2 Å². The van der Waals surface area contributed by atoms with Crippen LogP contribution in [-0.4, -0.2) is 157 Å². The highest BCUT2D eigenvalue weighted by molar-refractivity contribution is 6.10. The molecular weight excluding hydrogens is 1490 g/mol. The first-order valence-electron chi connectivity index (χ1n) is 36.2. The van der Waals surface area contributed by atoms with Crippen LogP contribution in [0.15, 0.2) is 110 Å². The molecule has 31 nitrogen and oxygen atoms in total. The van der Waals surface area contributed by atoms with Gasteiger partial charge in [0.2, 0.25) is 11.8 Å². The molecule has 15 rings (SSSR count). The van der Waals surface area contributed by atoms with Crippen molar-refractivity contribution >= 4 is 65.1 Å². The zero-order valence-electron chi connectivity index (χ0n) is 62.2. The fraction of sp³-hybridized carbons (Fsp3) is 0.346. The summed E-state index contributed by atoms with van der Waals surface area (Å²) in [5.74, 6) is -4.37. The number of nitrogens with one attached hydrogen (secondary N) is 1. The molecule has 6 N–H and O–H groups in total. The number of nitriles is 3. The summed E-state index contributed by atoms with van der Waals surface area (Å²) in [6.45, 7) is 13.1. The number of pyridine rings is 3. The first kappa shape index (κ1) is 82.1. The second kappa shape index (κ2) is 33.2. The average molecular weight is 1570 g/mol. The molecule has 0 saturated carbocycles. The van der Waals surface area contributed by atoms with E-state index in [0.717, 1.165) is 35.6 Å². The highest BCUT2D eigenvalue weighted by atomic mass is 19.1. The van der Waals surface area contributed by atoms with Gasteiger partial charge in [-0.3, -0.25) is 28.8 Å². The number of rotatable bonds is 12. The maximum Gasteiger partial charge on any atom is 0.417 e. The van der Waals surface area contributed by atoms with Crippen LogP contribution in [0.4, 0.5) is 40.2 Å². The van der Waals surface area contributed by atoms with Gasteiger partial charge in [-0.25, -0.2) is 61.6 Å². The molecule has 3 aromatic carbocycles. The predicted octanol–water partition coefficient (Wildman–Crippen LogP) is 10.8. The van der Waals surface area contributed by atoms with Gasteiger partial charge in [0.05, 0.1) is 157 Å². The fourth-order valence-electron chi connectivity index (χ4n) is 14.3. The SMILES string of the molecule is C.C.CC(C)(C)OC(=O)N1Cc2nc(-c3c(F)cccc3C#N)cc(-n3ccc(N4CCCC(C(=O)O)C4)n3)c2C1=O.CC(C)(C)OC(=O)N1Cc2nc(-c3c(F)cccc3C#N)cc(-n3ccc(N4CCCC(C(N)=O)C4)n3)c2C1=O.N#Cc1cccc(F)c1-c1cc(-n2ccc(N3CCCC(C(N)=O)C3)n2)c2c(n1)CNC2=O. The van der Waals surface area contributed by atoms with Gasteiger partial charge in [0.15, 0.2) is 17.5 Å². The van der Waals surface area contributed by atoms with Crippen LogP contribution in [0.3, 0.4) is 0 Å². The largest absolute Gasteiger partial charge is 0.481 e. The third kappa shape index (κ3) is 17.0. The zero-order valence-corrected chi connectivity index (χ0v) is 62.2. The monoisotopic (exact) mass is 1570 g/mol. The lowest BCUT2D eigenvalue weighted by atomic mass is 9.98. The summed E-state index contributed by atoms with van der Waals surface area (Å²) < 4.78 is 60.0. The van der Waals surface area contributed by atoms with Crippen molar-refractivity contribution < 1.29 is 66.1 Å². The Hall–Kier alpha value is -13.8. The number of imide groups is 2. The Kier molecular flexibility index (Phi) is 23.7. The molecule has 115 heavy (non-hydrogen) atoms. The first-order chi connectivity index (χ1) is 53.9. The van der Waals surface area contributed by atoms with Crippen LogP contribution in [0, 0.1) is 69.2 Å². The number of nitrogens with two attached hydrogens (primary N) is 2. The van der Waals surface area contributed by atoms with E-state index in [1.165, 1.54) is 76.1 Å². The smallest absolute Gasteiger partial charge is 0.417 e. The molecule has 3 atom stereocenters. The molecule has 6 aromatic heterocycles.